The lowest BCUT2D eigenvalue weighted by Gasteiger charge is -2.33. The zero-order chi connectivity index (χ0) is 17.3. The van der Waals surface area contributed by atoms with Crippen molar-refractivity contribution in [2.45, 2.75) is 6.10 Å². The van der Waals surface area contributed by atoms with Crippen molar-refractivity contribution in [3.8, 4) is 0 Å². The van der Waals surface area contributed by atoms with E-state index >= 15 is 0 Å². The lowest BCUT2D eigenvalue weighted by Crippen LogP contribution is -2.42. The van der Waals surface area contributed by atoms with Crippen molar-refractivity contribution in [1.29, 1.82) is 0 Å². The van der Waals surface area contributed by atoms with Crippen LogP contribution in [-0.2, 0) is 4.74 Å². The van der Waals surface area contributed by atoms with Crippen molar-refractivity contribution >= 4 is 34.8 Å². The molecule has 24 heavy (non-hydrogen) atoms. The van der Waals surface area contributed by atoms with E-state index in [9.17, 15) is 14.0 Å². The SMILES string of the molecule is O=C(O)c1ccc(C(=O)N2CCO[C@@H](c3ccc(F)c(Cl)c3)C2)s1. The predicted molar refractivity (Wildman–Crippen MR) is 87.3 cm³/mol. The molecule has 8 heteroatoms. The Bertz CT molecular complexity index is 794. The first-order valence-corrected chi connectivity index (χ1v) is 8.34. The highest BCUT2D eigenvalue weighted by molar-refractivity contribution is 7.15. The Morgan fingerprint density at radius 2 is 2.04 bits per heavy atom. The first kappa shape index (κ1) is 16.9. The molecule has 1 aliphatic heterocycles. The Balaban J connectivity index is 1.75. The van der Waals surface area contributed by atoms with Crippen LogP contribution in [0.1, 0.15) is 31.0 Å². The number of amides is 1. The molecule has 2 aromatic rings. The summed E-state index contributed by atoms with van der Waals surface area (Å²) in [7, 11) is 0. The van der Waals surface area contributed by atoms with Crippen molar-refractivity contribution in [1.82, 2.24) is 4.90 Å². The van der Waals surface area contributed by atoms with Crippen molar-refractivity contribution in [3.05, 3.63) is 56.5 Å². The fourth-order valence-electron chi connectivity index (χ4n) is 2.47. The number of ether oxygens (including phenoxy) is 1. The van der Waals surface area contributed by atoms with E-state index in [1.807, 2.05) is 0 Å². The van der Waals surface area contributed by atoms with E-state index < -0.39 is 17.9 Å². The van der Waals surface area contributed by atoms with Crippen LogP contribution in [0.5, 0.6) is 0 Å². The Labute approximate surface area is 146 Å². The summed E-state index contributed by atoms with van der Waals surface area (Å²) in [6.07, 6.45) is -0.403. The van der Waals surface area contributed by atoms with Crippen molar-refractivity contribution in [2.24, 2.45) is 0 Å². The van der Waals surface area contributed by atoms with Gasteiger partial charge in [0.25, 0.3) is 5.91 Å². The summed E-state index contributed by atoms with van der Waals surface area (Å²) in [4.78, 5) is 25.6. The van der Waals surface area contributed by atoms with Crippen LogP contribution in [0.4, 0.5) is 4.39 Å². The number of carboxylic acid groups (broad SMARTS) is 1. The molecule has 1 aliphatic rings. The molecule has 1 amide bonds. The zero-order valence-electron chi connectivity index (χ0n) is 12.4. The number of nitrogens with zero attached hydrogens (tertiary/aromatic N) is 1. The van der Waals surface area contributed by atoms with Gasteiger partial charge in [-0.05, 0) is 29.8 Å². The van der Waals surface area contributed by atoms with Crippen LogP contribution in [0.2, 0.25) is 5.02 Å². The molecular weight excluding hydrogens is 357 g/mol. The summed E-state index contributed by atoms with van der Waals surface area (Å²) in [6.45, 7) is 1.04. The topological polar surface area (TPSA) is 66.8 Å². The maximum absolute atomic E-state index is 13.3. The minimum atomic E-state index is -1.06. The minimum absolute atomic E-state index is 0.00362. The quantitative estimate of drug-likeness (QED) is 0.899. The Kier molecular flexibility index (Phi) is 4.84. The number of hydrogen-bond acceptors (Lipinski definition) is 4. The second kappa shape index (κ2) is 6.88. The van der Waals surface area contributed by atoms with Crippen LogP contribution in [0.15, 0.2) is 30.3 Å². The van der Waals surface area contributed by atoms with Gasteiger partial charge in [0, 0.05) is 6.54 Å². The highest BCUT2D eigenvalue weighted by Gasteiger charge is 2.27. The summed E-state index contributed by atoms with van der Waals surface area (Å²) in [5.74, 6) is -1.81. The van der Waals surface area contributed by atoms with Gasteiger partial charge < -0.3 is 14.7 Å². The van der Waals surface area contributed by atoms with E-state index in [1.165, 1.54) is 24.3 Å². The fourth-order valence-corrected chi connectivity index (χ4v) is 3.47. The minimum Gasteiger partial charge on any atom is -0.477 e. The van der Waals surface area contributed by atoms with E-state index in [2.05, 4.69) is 0 Å². The van der Waals surface area contributed by atoms with E-state index in [4.69, 9.17) is 21.4 Å². The second-order valence-electron chi connectivity index (χ2n) is 5.25. The average molecular weight is 370 g/mol. The molecule has 2 heterocycles. The molecule has 0 bridgehead atoms. The number of morpholine rings is 1. The van der Waals surface area contributed by atoms with Crippen molar-refractivity contribution in [2.75, 3.05) is 19.7 Å². The Hall–Kier alpha value is -1.96. The first-order chi connectivity index (χ1) is 11.5. The highest BCUT2D eigenvalue weighted by atomic mass is 35.5. The molecule has 0 saturated carbocycles. The molecule has 1 fully saturated rings. The van der Waals surface area contributed by atoms with Gasteiger partial charge in [-0.3, -0.25) is 4.79 Å². The third-order valence-electron chi connectivity index (χ3n) is 3.70. The largest absolute Gasteiger partial charge is 0.477 e. The number of carbonyl (C=O) groups is 2. The monoisotopic (exact) mass is 369 g/mol. The van der Waals surface area contributed by atoms with Crippen LogP contribution in [-0.4, -0.2) is 41.6 Å². The molecule has 1 saturated heterocycles. The highest BCUT2D eigenvalue weighted by Crippen LogP contribution is 2.27. The average Bonchev–Trinajstić information content (AvgIpc) is 3.07. The summed E-state index contributed by atoms with van der Waals surface area (Å²) in [5.41, 5.74) is 0.691. The van der Waals surface area contributed by atoms with Gasteiger partial charge in [0.1, 0.15) is 16.8 Å². The standard InChI is InChI=1S/C16H13ClFNO4S/c17-10-7-9(1-2-11(10)18)12-8-19(5-6-23-12)15(20)13-3-4-14(24-13)16(21)22/h1-4,7,12H,5-6,8H2,(H,21,22)/t12-/m1/s1. The van der Waals surface area contributed by atoms with E-state index in [1.54, 1.807) is 11.0 Å². The smallest absolute Gasteiger partial charge is 0.345 e. The molecule has 0 unspecified atom stereocenters. The van der Waals surface area contributed by atoms with Crippen LogP contribution >= 0.6 is 22.9 Å². The zero-order valence-corrected chi connectivity index (χ0v) is 13.9. The van der Waals surface area contributed by atoms with Crippen LogP contribution in [0, 0.1) is 5.82 Å². The van der Waals surface area contributed by atoms with E-state index in [0.717, 1.165) is 11.3 Å². The predicted octanol–water partition coefficient (Wildman–Crippen LogP) is 3.45. The number of carboxylic acids is 1. The van der Waals surface area contributed by atoms with Crippen LogP contribution in [0.25, 0.3) is 0 Å². The van der Waals surface area contributed by atoms with Gasteiger partial charge in [-0.25, -0.2) is 9.18 Å². The van der Waals surface area contributed by atoms with Crippen LogP contribution in [0.3, 0.4) is 0 Å². The maximum Gasteiger partial charge on any atom is 0.345 e. The Morgan fingerprint density at radius 3 is 2.71 bits per heavy atom. The number of hydrogen-bond donors (Lipinski definition) is 1. The molecule has 1 atom stereocenters. The third kappa shape index (κ3) is 3.43. The van der Waals surface area contributed by atoms with Crippen molar-refractivity contribution in [3.63, 3.8) is 0 Å². The molecule has 0 radical (unpaired) electrons. The van der Waals surface area contributed by atoms with Gasteiger partial charge in [0.2, 0.25) is 0 Å². The van der Waals surface area contributed by atoms with Gasteiger partial charge in [0.15, 0.2) is 0 Å². The number of aromatic carboxylic acids is 1. The number of thiophene rings is 1. The molecule has 5 nitrogen and oxygen atoms in total. The number of benzene rings is 1. The van der Waals surface area contributed by atoms with Gasteiger partial charge in [-0.15, -0.1) is 11.3 Å². The van der Waals surface area contributed by atoms with E-state index in [0.29, 0.717) is 30.1 Å². The lowest BCUT2D eigenvalue weighted by atomic mass is 10.1. The lowest BCUT2D eigenvalue weighted by molar-refractivity contribution is -0.0226. The molecule has 0 aliphatic carbocycles. The molecule has 1 aromatic carbocycles. The van der Waals surface area contributed by atoms with Crippen LogP contribution < -0.4 is 0 Å². The molecule has 126 valence electrons. The summed E-state index contributed by atoms with van der Waals surface area (Å²) in [6, 6.07) is 7.25. The summed E-state index contributed by atoms with van der Waals surface area (Å²) < 4.78 is 18.9. The van der Waals surface area contributed by atoms with Gasteiger partial charge in [0.05, 0.1) is 23.1 Å². The van der Waals surface area contributed by atoms with Gasteiger partial charge in [-0.1, -0.05) is 17.7 Å². The summed E-state index contributed by atoms with van der Waals surface area (Å²) in [5, 5.41) is 8.96. The molecule has 3 rings (SSSR count). The normalized spacial score (nSPS) is 17.8. The fraction of sp³-hybridized carbons (Fsp3) is 0.250. The first-order valence-electron chi connectivity index (χ1n) is 7.14. The molecule has 1 N–H and O–H groups in total. The summed E-state index contributed by atoms with van der Waals surface area (Å²) >= 11 is 6.74. The van der Waals surface area contributed by atoms with Gasteiger partial charge >= 0.3 is 5.97 Å². The number of rotatable bonds is 3. The number of carbonyl (C=O) groups excluding carboxylic acids is 1. The number of halogens is 2. The van der Waals surface area contributed by atoms with E-state index in [-0.39, 0.29) is 15.8 Å². The van der Waals surface area contributed by atoms with Crippen molar-refractivity contribution < 1.29 is 23.8 Å². The molecular formula is C16H13ClFNO4S. The van der Waals surface area contributed by atoms with Gasteiger partial charge in [-0.2, -0.15) is 0 Å². The molecule has 0 spiro atoms. The second-order valence-corrected chi connectivity index (χ2v) is 6.74. The molecule has 1 aromatic heterocycles. The maximum atomic E-state index is 13.3. The Morgan fingerprint density at radius 1 is 1.29 bits per heavy atom. The third-order valence-corrected chi connectivity index (χ3v) is 5.05.